The van der Waals surface area contributed by atoms with Crippen LogP contribution in [-0.2, 0) is 13.5 Å². The van der Waals surface area contributed by atoms with Crippen LogP contribution in [0.5, 0.6) is 0 Å². The lowest BCUT2D eigenvalue weighted by Gasteiger charge is -2.10. The maximum atomic E-state index is 5.86. The molecule has 3 rings (SSSR count). The van der Waals surface area contributed by atoms with Gasteiger partial charge in [-0.2, -0.15) is 0 Å². The summed E-state index contributed by atoms with van der Waals surface area (Å²) in [4.78, 5) is 0. The molecule has 84 valence electrons. The van der Waals surface area contributed by atoms with E-state index in [0.29, 0.717) is 5.92 Å². The van der Waals surface area contributed by atoms with E-state index in [-0.39, 0.29) is 0 Å². The fraction of sp³-hybridized carbons (Fsp3) is 0.429. The van der Waals surface area contributed by atoms with E-state index in [0.717, 1.165) is 6.54 Å². The van der Waals surface area contributed by atoms with E-state index in [1.54, 1.807) is 0 Å². The van der Waals surface area contributed by atoms with Gasteiger partial charge in [-0.05, 0) is 37.5 Å². The smallest absolute Gasteiger partial charge is 0.0483 e. The van der Waals surface area contributed by atoms with Crippen molar-refractivity contribution in [3.63, 3.8) is 0 Å². The lowest BCUT2D eigenvalue weighted by atomic mass is 10.1. The fourth-order valence-corrected chi connectivity index (χ4v) is 3.12. The van der Waals surface area contributed by atoms with Crippen LogP contribution in [0.2, 0.25) is 0 Å². The SMILES string of the molecule is Cc1ccc2c(c1)c1c(n2C)C(CN)CC1. The van der Waals surface area contributed by atoms with Gasteiger partial charge < -0.3 is 10.3 Å². The van der Waals surface area contributed by atoms with Crippen molar-refractivity contribution >= 4 is 10.9 Å². The molecule has 1 heterocycles. The molecule has 0 radical (unpaired) electrons. The number of hydrogen-bond acceptors (Lipinski definition) is 1. The number of fused-ring (bicyclic) bond motifs is 3. The van der Waals surface area contributed by atoms with Crippen LogP contribution in [0, 0.1) is 6.92 Å². The molecule has 0 spiro atoms. The Balaban J connectivity index is 2.34. The Morgan fingerprint density at radius 1 is 1.44 bits per heavy atom. The van der Waals surface area contributed by atoms with E-state index >= 15 is 0 Å². The van der Waals surface area contributed by atoms with Crippen LogP contribution >= 0.6 is 0 Å². The zero-order valence-corrected chi connectivity index (χ0v) is 9.96. The van der Waals surface area contributed by atoms with Gasteiger partial charge in [0.25, 0.3) is 0 Å². The molecule has 0 saturated carbocycles. The second kappa shape index (κ2) is 3.36. The molecular weight excluding hydrogens is 196 g/mol. The first-order valence-electron chi connectivity index (χ1n) is 6.00. The first-order chi connectivity index (χ1) is 7.72. The Hall–Kier alpha value is -1.28. The summed E-state index contributed by atoms with van der Waals surface area (Å²) in [5, 5.41) is 1.44. The number of nitrogens with two attached hydrogens (primary N) is 1. The highest BCUT2D eigenvalue weighted by Crippen LogP contribution is 2.39. The number of benzene rings is 1. The standard InChI is InChI=1S/C14H18N2/c1-9-3-6-13-12(7-9)11-5-4-10(8-15)14(11)16(13)2/h3,6-7,10H,4-5,8,15H2,1-2H3. The van der Waals surface area contributed by atoms with Crippen molar-refractivity contribution in [3.05, 3.63) is 35.0 Å². The minimum absolute atomic E-state index is 0.563. The molecule has 1 unspecified atom stereocenters. The highest BCUT2D eigenvalue weighted by Gasteiger charge is 2.27. The number of nitrogens with zero attached hydrogens (tertiary/aromatic N) is 1. The molecule has 2 N–H and O–H groups in total. The molecular formula is C14H18N2. The topological polar surface area (TPSA) is 30.9 Å². The van der Waals surface area contributed by atoms with Crippen molar-refractivity contribution in [2.45, 2.75) is 25.7 Å². The van der Waals surface area contributed by atoms with Crippen LogP contribution in [0.4, 0.5) is 0 Å². The van der Waals surface area contributed by atoms with E-state index in [1.807, 2.05) is 0 Å². The zero-order chi connectivity index (χ0) is 11.3. The summed E-state index contributed by atoms with van der Waals surface area (Å²) in [6, 6.07) is 6.73. The van der Waals surface area contributed by atoms with Crippen LogP contribution < -0.4 is 5.73 Å². The maximum absolute atomic E-state index is 5.86. The molecule has 0 bridgehead atoms. The normalized spacial score (nSPS) is 19.3. The molecule has 1 aliphatic rings. The summed E-state index contributed by atoms with van der Waals surface area (Å²) in [6.07, 6.45) is 2.41. The van der Waals surface area contributed by atoms with Crippen LogP contribution in [-0.4, -0.2) is 11.1 Å². The monoisotopic (exact) mass is 214 g/mol. The van der Waals surface area contributed by atoms with Crippen molar-refractivity contribution < 1.29 is 0 Å². The van der Waals surface area contributed by atoms with Crippen molar-refractivity contribution in [1.82, 2.24) is 4.57 Å². The molecule has 1 aromatic heterocycles. The summed E-state index contributed by atoms with van der Waals surface area (Å²) in [5.41, 5.74) is 11.6. The van der Waals surface area contributed by atoms with Gasteiger partial charge in [0.15, 0.2) is 0 Å². The summed E-state index contributed by atoms with van der Waals surface area (Å²) in [7, 11) is 2.17. The second-order valence-corrected chi connectivity index (χ2v) is 4.91. The van der Waals surface area contributed by atoms with Gasteiger partial charge in [0.05, 0.1) is 0 Å². The lowest BCUT2D eigenvalue weighted by molar-refractivity contribution is 0.649. The van der Waals surface area contributed by atoms with Gasteiger partial charge in [0.1, 0.15) is 0 Å². The lowest BCUT2D eigenvalue weighted by Crippen LogP contribution is -2.12. The summed E-state index contributed by atoms with van der Waals surface area (Å²) < 4.78 is 2.34. The van der Waals surface area contributed by atoms with Crippen molar-refractivity contribution in [2.75, 3.05) is 6.54 Å². The van der Waals surface area contributed by atoms with Gasteiger partial charge in [0, 0.05) is 36.1 Å². The molecule has 2 aromatic rings. The second-order valence-electron chi connectivity index (χ2n) is 4.91. The van der Waals surface area contributed by atoms with E-state index < -0.39 is 0 Å². The molecule has 1 atom stereocenters. The number of aromatic nitrogens is 1. The third-order valence-electron chi connectivity index (χ3n) is 3.92. The molecule has 1 aromatic carbocycles. The summed E-state index contributed by atoms with van der Waals surface area (Å²) in [6.45, 7) is 2.93. The number of hydrogen-bond donors (Lipinski definition) is 1. The largest absolute Gasteiger partial charge is 0.347 e. The van der Waals surface area contributed by atoms with Gasteiger partial charge in [-0.1, -0.05) is 11.6 Å². The summed E-state index contributed by atoms with van der Waals surface area (Å²) in [5.74, 6) is 0.563. The Labute approximate surface area is 96.1 Å². The number of aryl methyl sites for hydroxylation is 3. The zero-order valence-electron chi connectivity index (χ0n) is 9.96. The maximum Gasteiger partial charge on any atom is 0.0483 e. The Morgan fingerprint density at radius 3 is 3.00 bits per heavy atom. The molecule has 0 aliphatic heterocycles. The van der Waals surface area contributed by atoms with Gasteiger partial charge in [-0.15, -0.1) is 0 Å². The van der Waals surface area contributed by atoms with Crippen LogP contribution in [0.1, 0.15) is 29.2 Å². The van der Waals surface area contributed by atoms with E-state index in [2.05, 4.69) is 36.7 Å². The minimum atomic E-state index is 0.563. The quantitative estimate of drug-likeness (QED) is 0.776. The van der Waals surface area contributed by atoms with Crippen LogP contribution in [0.25, 0.3) is 10.9 Å². The van der Waals surface area contributed by atoms with E-state index in [4.69, 9.17) is 5.73 Å². The van der Waals surface area contributed by atoms with E-state index in [9.17, 15) is 0 Å². The van der Waals surface area contributed by atoms with Crippen molar-refractivity contribution in [3.8, 4) is 0 Å². The minimum Gasteiger partial charge on any atom is -0.347 e. The molecule has 16 heavy (non-hydrogen) atoms. The van der Waals surface area contributed by atoms with E-state index in [1.165, 1.54) is 40.6 Å². The van der Waals surface area contributed by atoms with Crippen LogP contribution in [0.3, 0.4) is 0 Å². The first-order valence-corrected chi connectivity index (χ1v) is 6.00. The summed E-state index contributed by atoms with van der Waals surface area (Å²) >= 11 is 0. The van der Waals surface area contributed by atoms with Gasteiger partial charge in [-0.25, -0.2) is 0 Å². The predicted molar refractivity (Wildman–Crippen MR) is 67.8 cm³/mol. The van der Waals surface area contributed by atoms with Crippen molar-refractivity contribution in [2.24, 2.45) is 12.8 Å². The number of rotatable bonds is 1. The average Bonchev–Trinajstić information content (AvgIpc) is 2.80. The molecule has 2 heteroatoms. The van der Waals surface area contributed by atoms with Crippen LogP contribution in [0.15, 0.2) is 18.2 Å². The molecule has 0 fully saturated rings. The van der Waals surface area contributed by atoms with Crippen molar-refractivity contribution in [1.29, 1.82) is 0 Å². The van der Waals surface area contributed by atoms with Gasteiger partial charge in [0.2, 0.25) is 0 Å². The Bertz CT molecular complexity index is 551. The average molecular weight is 214 g/mol. The Kier molecular flexibility index (Phi) is 2.08. The molecule has 0 amide bonds. The third kappa shape index (κ3) is 1.17. The first kappa shape index (κ1) is 9.91. The Morgan fingerprint density at radius 2 is 2.25 bits per heavy atom. The van der Waals surface area contributed by atoms with Gasteiger partial charge in [-0.3, -0.25) is 0 Å². The van der Waals surface area contributed by atoms with Gasteiger partial charge >= 0.3 is 0 Å². The highest BCUT2D eigenvalue weighted by atomic mass is 15.0. The highest BCUT2D eigenvalue weighted by molar-refractivity contribution is 5.87. The molecule has 0 saturated heterocycles. The predicted octanol–water partition coefficient (Wildman–Crippen LogP) is 2.48. The third-order valence-corrected chi connectivity index (χ3v) is 3.92. The molecule has 2 nitrogen and oxygen atoms in total. The molecule has 1 aliphatic carbocycles. The fourth-order valence-electron chi connectivity index (χ4n) is 3.12.